The molecule has 0 radical (unpaired) electrons. The number of hydrogen-bond donors (Lipinski definition) is 1. The Morgan fingerprint density at radius 2 is 1.93 bits per heavy atom. The number of amides is 1. The van der Waals surface area contributed by atoms with Gasteiger partial charge in [0.15, 0.2) is 0 Å². The summed E-state index contributed by atoms with van der Waals surface area (Å²) in [5.74, 6) is -0.429. The molecule has 1 fully saturated rings. The smallest absolute Gasteiger partial charge is 0.246 e. The molecule has 29 heavy (non-hydrogen) atoms. The van der Waals surface area contributed by atoms with Gasteiger partial charge in [0.1, 0.15) is 10.6 Å². The van der Waals surface area contributed by atoms with Crippen LogP contribution in [0.3, 0.4) is 0 Å². The number of benzene rings is 2. The van der Waals surface area contributed by atoms with Crippen LogP contribution in [0.2, 0.25) is 10.0 Å². The van der Waals surface area contributed by atoms with E-state index in [4.69, 9.17) is 27.9 Å². The van der Waals surface area contributed by atoms with Crippen LogP contribution in [0.15, 0.2) is 41.3 Å². The van der Waals surface area contributed by atoms with Crippen molar-refractivity contribution in [1.82, 2.24) is 4.31 Å². The van der Waals surface area contributed by atoms with E-state index in [0.717, 1.165) is 5.56 Å². The van der Waals surface area contributed by atoms with Gasteiger partial charge >= 0.3 is 0 Å². The summed E-state index contributed by atoms with van der Waals surface area (Å²) in [6.07, 6.45) is 1.19. The Hall–Kier alpha value is -1.80. The maximum Gasteiger partial charge on any atom is 0.246 e. The summed E-state index contributed by atoms with van der Waals surface area (Å²) in [4.78, 5) is 12.8. The van der Waals surface area contributed by atoms with Crippen LogP contribution < -0.4 is 10.1 Å². The molecule has 1 saturated heterocycles. The van der Waals surface area contributed by atoms with Gasteiger partial charge in [-0.1, -0.05) is 29.3 Å². The zero-order chi connectivity index (χ0) is 21.2. The Bertz CT molecular complexity index is 1030. The number of nitrogens with one attached hydrogen (secondary N) is 1. The first kappa shape index (κ1) is 21.9. The van der Waals surface area contributed by atoms with Gasteiger partial charge in [-0.2, -0.15) is 4.31 Å². The Labute approximate surface area is 180 Å². The molecule has 1 amide bonds. The van der Waals surface area contributed by atoms with Crippen molar-refractivity contribution in [1.29, 1.82) is 0 Å². The normalized spacial score (nSPS) is 17.7. The average molecular weight is 457 g/mol. The van der Waals surface area contributed by atoms with Crippen molar-refractivity contribution in [2.45, 2.75) is 24.7 Å². The molecule has 2 aromatic carbocycles. The molecule has 1 N–H and O–H groups in total. The zero-order valence-electron chi connectivity index (χ0n) is 16.1. The van der Waals surface area contributed by atoms with Crippen LogP contribution in [0.25, 0.3) is 0 Å². The van der Waals surface area contributed by atoms with Crippen molar-refractivity contribution < 1.29 is 17.9 Å². The Kier molecular flexibility index (Phi) is 6.73. The Morgan fingerprint density at radius 3 is 2.62 bits per heavy atom. The van der Waals surface area contributed by atoms with Crippen molar-refractivity contribution in [3.8, 4) is 5.75 Å². The maximum atomic E-state index is 13.2. The van der Waals surface area contributed by atoms with Gasteiger partial charge in [0, 0.05) is 18.8 Å². The lowest BCUT2D eigenvalue weighted by Gasteiger charge is -2.31. The number of aryl methyl sites for hydroxylation is 1. The molecule has 1 aliphatic heterocycles. The van der Waals surface area contributed by atoms with Crippen molar-refractivity contribution in [2.24, 2.45) is 5.92 Å². The van der Waals surface area contributed by atoms with E-state index in [-0.39, 0.29) is 23.1 Å². The van der Waals surface area contributed by atoms with E-state index in [9.17, 15) is 13.2 Å². The first-order valence-electron chi connectivity index (χ1n) is 9.13. The van der Waals surface area contributed by atoms with E-state index in [2.05, 4.69) is 5.32 Å². The number of rotatable bonds is 5. The summed E-state index contributed by atoms with van der Waals surface area (Å²) >= 11 is 11.9. The fourth-order valence-electron chi connectivity index (χ4n) is 3.32. The Morgan fingerprint density at radius 1 is 1.17 bits per heavy atom. The zero-order valence-corrected chi connectivity index (χ0v) is 18.4. The molecular formula is C20H22Cl2N2O4S. The second-order valence-electron chi connectivity index (χ2n) is 6.97. The fraction of sp³-hybridized carbons (Fsp3) is 0.350. The van der Waals surface area contributed by atoms with Crippen LogP contribution in [0.1, 0.15) is 18.4 Å². The highest BCUT2D eigenvalue weighted by Gasteiger charge is 2.35. The Balaban J connectivity index is 1.78. The standard InChI is InChI=1S/C20H22Cl2N2O4S/c1-13-5-8-18(28-2)19(10-13)29(26,27)24-9-3-4-14(12-24)20(25)23-15-6-7-16(21)17(22)11-15/h5-8,10-11,14H,3-4,9,12H2,1-2H3,(H,23,25)/t14-/m1/s1. The number of anilines is 1. The molecule has 0 spiro atoms. The molecule has 1 atom stereocenters. The van der Waals surface area contributed by atoms with Gasteiger partial charge in [0.25, 0.3) is 0 Å². The minimum absolute atomic E-state index is 0.104. The summed E-state index contributed by atoms with van der Waals surface area (Å²) in [6.45, 7) is 2.28. The summed E-state index contributed by atoms with van der Waals surface area (Å²) < 4.78 is 33.0. The van der Waals surface area contributed by atoms with Gasteiger partial charge in [-0.15, -0.1) is 0 Å². The van der Waals surface area contributed by atoms with E-state index >= 15 is 0 Å². The molecule has 0 unspecified atom stereocenters. The van der Waals surface area contributed by atoms with Crippen molar-refractivity contribution in [3.05, 3.63) is 52.0 Å². The van der Waals surface area contributed by atoms with Gasteiger partial charge in [-0.05, 0) is 55.7 Å². The largest absolute Gasteiger partial charge is 0.495 e. The number of sulfonamides is 1. The van der Waals surface area contributed by atoms with E-state index in [1.165, 1.54) is 11.4 Å². The van der Waals surface area contributed by atoms with E-state index in [1.54, 1.807) is 36.4 Å². The second-order valence-corrected chi connectivity index (χ2v) is 9.70. The molecule has 9 heteroatoms. The molecular weight excluding hydrogens is 435 g/mol. The number of nitrogens with zero attached hydrogens (tertiary/aromatic N) is 1. The van der Waals surface area contributed by atoms with Gasteiger partial charge in [-0.3, -0.25) is 4.79 Å². The third kappa shape index (κ3) is 4.86. The van der Waals surface area contributed by atoms with Crippen molar-refractivity contribution in [3.63, 3.8) is 0 Å². The SMILES string of the molecule is COc1ccc(C)cc1S(=O)(=O)N1CCC[C@@H](C(=O)Nc2ccc(Cl)c(Cl)c2)C1. The molecule has 0 bridgehead atoms. The third-order valence-electron chi connectivity index (χ3n) is 4.88. The number of carbonyl (C=O) groups excluding carboxylic acids is 1. The number of halogens is 2. The monoisotopic (exact) mass is 456 g/mol. The first-order chi connectivity index (χ1) is 13.7. The molecule has 2 aromatic rings. The maximum absolute atomic E-state index is 13.2. The number of ether oxygens (including phenoxy) is 1. The highest BCUT2D eigenvalue weighted by molar-refractivity contribution is 7.89. The van der Waals surface area contributed by atoms with E-state index < -0.39 is 15.9 Å². The van der Waals surface area contributed by atoms with Crippen LogP contribution >= 0.6 is 23.2 Å². The minimum Gasteiger partial charge on any atom is -0.495 e. The average Bonchev–Trinajstić information content (AvgIpc) is 2.70. The van der Waals surface area contributed by atoms with Gasteiger partial charge < -0.3 is 10.1 Å². The lowest BCUT2D eigenvalue weighted by atomic mass is 9.99. The summed E-state index contributed by atoms with van der Waals surface area (Å²) in [7, 11) is -2.35. The molecule has 1 heterocycles. The molecule has 6 nitrogen and oxygen atoms in total. The van der Waals surface area contributed by atoms with Crippen molar-refractivity contribution >= 4 is 44.8 Å². The number of hydrogen-bond acceptors (Lipinski definition) is 4. The summed E-state index contributed by atoms with van der Waals surface area (Å²) in [5, 5.41) is 3.53. The highest BCUT2D eigenvalue weighted by atomic mass is 35.5. The predicted molar refractivity (Wildman–Crippen MR) is 114 cm³/mol. The molecule has 1 aliphatic rings. The fourth-order valence-corrected chi connectivity index (χ4v) is 5.38. The van der Waals surface area contributed by atoms with Crippen LogP contribution in [-0.4, -0.2) is 38.8 Å². The lowest BCUT2D eigenvalue weighted by molar-refractivity contribution is -0.120. The van der Waals surface area contributed by atoms with Crippen molar-refractivity contribution in [2.75, 3.05) is 25.5 Å². The third-order valence-corrected chi connectivity index (χ3v) is 7.50. The quantitative estimate of drug-likeness (QED) is 0.725. The van der Waals surface area contributed by atoms with Crippen LogP contribution in [0.5, 0.6) is 5.75 Å². The van der Waals surface area contributed by atoms with Gasteiger partial charge in [0.05, 0.1) is 23.1 Å². The first-order valence-corrected chi connectivity index (χ1v) is 11.3. The van der Waals surface area contributed by atoms with E-state index in [0.29, 0.717) is 35.1 Å². The topological polar surface area (TPSA) is 75.7 Å². The molecule has 0 saturated carbocycles. The van der Waals surface area contributed by atoms with Crippen LogP contribution in [0.4, 0.5) is 5.69 Å². The summed E-state index contributed by atoms with van der Waals surface area (Å²) in [6, 6.07) is 9.84. The number of carbonyl (C=O) groups is 1. The second kappa shape index (κ2) is 8.92. The molecule has 156 valence electrons. The summed E-state index contributed by atoms with van der Waals surface area (Å²) in [5.41, 5.74) is 1.33. The molecule has 3 rings (SSSR count). The number of piperidine rings is 1. The highest BCUT2D eigenvalue weighted by Crippen LogP contribution is 2.31. The van der Waals surface area contributed by atoms with Gasteiger partial charge in [-0.25, -0.2) is 8.42 Å². The number of methoxy groups -OCH3 is 1. The predicted octanol–water partition coefficient (Wildman–Crippen LogP) is 4.35. The molecule has 0 aromatic heterocycles. The lowest BCUT2D eigenvalue weighted by Crippen LogP contribution is -2.43. The van der Waals surface area contributed by atoms with Gasteiger partial charge in [0.2, 0.25) is 15.9 Å². The minimum atomic E-state index is -3.79. The van der Waals surface area contributed by atoms with Crippen LogP contribution in [-0.2, 0) is 14.8 Å². The molecule has 0 aliphatic carbocycles. The van der Waals surface area contributed by atoms with E-state index in [1.807, 2.05) is 6.92 Å². The van der Waals surface area contributed by atoms with Crippen LogP contribution in [0, 0.1) is 12.8 Å².